The highest BCUT2D eigenvalue weighted by Crippen LogP contribution is 2.43. The molecule has 3 saturated heterocycles. The lowest BCUT2D eigenvalue weighted by molar-refractivity contribution is -0.233. The number of hydrogen-bond donors (Lipinski definition) is 1. The van der Waals surface area contributed by atoms with Gasteiger partial charge < -0.3 is 33.4 Å². The summed E-state index contributed by atoms with van der Waals surface area (Å²) in [6.07, 6.45) is 6.46. The molecule has 6 atom stereocenters. The predicted octanol–water partition coefficient (Wildman–Crippen LogP) is 3.79. The van der Waals surface area contributed by atoms with E-state index in [0.29, 0.717) is 24.0 Å². The van der Waals surface area contributed by atoms with Crippen LogP contribution < -0.4 is 0 Å². The molecule has 3 aliphatic rings. The molecular formula is C22H29ClIN3O6. The molecule has 1 N–H and O–H groups in total. The summed E-state index contributed by atoms with van der Waals surface area (Å²) < 4.78 is 33.0. The van der Waals surface area contributed by atoms with E-state index in [2.05, 4.69) is 32.6 Å². The molecule has 9 nitrogen and oxygen atoms in total. The van der Waals surface area contributed by atoms with E-state index in [1.807, 2.05) is 6.20 Å². The second-order valence-electron chi connectivity index (χ2n) is 8.98. The third-order valence-corrected chi connectivity index (χ3v) is 7.61. The molecule has 0 saturated carbocycles. The summed E-state index contributed by atoms with van der Waals surface area (Å²) in [5.41, 5.74) is -0.788. The summed E-state index contributed by atoms with van der Waals surface area (Å²) in [7, 11) is 0. The van der Waals surface area contributed by atoms with Crippen molar-refractivity contribution >= 4 is 45.2 Å². The van der Waals surface area contributed by atoms with E-state index in [4.69, 9.17) is 35.3 Å². The molecule has 0 bridgehead atoms. The van der Waals surface area contributed by atoms with Crippen LogP contribution in [-0.2, 0) is 23.7 Å². The quantitative estimate of drug-likeness (QED) is 0.399. The fourth-order valence-electron chi connectivity index (χ4n) is 4.80. The van der Waals surface area contributed by atoms with Crippen molar-refractivity contribution in [1.82, 2.24) is 14.5 Å². The Morgan fingerprint density at radius 2 is 1.91 bits per heavy atom. The number of aliphatic hydroxyl groups is 1. The van der Waals surface area contributed by atoms with Crippen molar-refractivity contribution in [3.05, 3.63) is 21.2 Å². The van der Waals surface area contributed by atoms with Crippen LogP contribution in [0.2, 0.25) is 5.15 Å². The molecule has 2 aromatic rings. The van der Waals surface area contributed by atoms with Gasteiger partial charge >= 0.3 is 0 Å². The van der Waals surface area contributed by atoms with E-state index in [1.54, 1.807) is 11.5 Å². The highest BCUT2D eigenvalue weighted by atomic mass is 127. The summed E-state index contributed by atoms with van der Waals surface area (Å²) in [5, 5.41) is 12.8. The molecule has 4 unspecified atom stereocenters. The number of nitrogens with zero attached hydrogens (tertiary/aromatic N) is 3. The number of halogens is 2. The monoisotopic (exact) mass is 593 g/mol. The molecule has 2 aromatic heterocycles. The number of rotatable bonds is 6. The topological polar surface area (TPSA) is 97.1 Å². The standard InChI is InChI=1S/C22H29ClIN3O6/c1-22(28)18(33-16-7-3-5-9-30-16)14(11-31-15-6-2-4-8-29-15)32-21(22)27-10-13(24)17-19(23)25-12-26-20(17)27/h10,12,14-16,18,21,28H,2-9,11H2,1H3/t14?,15?,16?,18-,21?,22+/m1/s1. The predicted molar refractivity (Wildman–Crippen MR) is 128 cm³/mol. The van der Waals surface area contributed by atoms with Crippen molar-refractivity contribution in [2.45, 2.75) is 82.1 Å². The molecule has 11 heteroatoms. The van der Waals surface area contributed by atoms with Gasteiger partial charge in [0.15, 0.2) is 18.8 Å². The lowest BCUT2D eigenvalue weighted by Gasteiger charge is -2.34. The fraction of sp³-hybridized carbons (Fsp3) is 0.727. The zero-order valence-electron chi connectivity index (χ0n) is 18.5. The Morgan fingerprint density at radius 3 is 2.61 bits per heavy atom. The second kappa shape index (κ2) is 10.2. The first kappa shape index (κ1) is 24.1. The molecule has 182 valence electrons. The second-order valence-corrected chi connectivity index (χ2v) is 10.5. The van der Waals surface area contributed by atoms with Gasteiger partial charge in [-0.2, -0.15) is 0 Å². The van der Waals surface area contributed by atoms with Gasteiger partial charge in [0.05, 0.1) is 12.0 Å². The van der Waals surface area contributed by atoms with Crippen molar-refractivity contribution in [2.24, 2.45) is 0 Å². The Bertz CT molecular complexity index is 963. The average Bonchev–Trinajstić information content (AvgIpc) is 3.28. The molecule has 0 amide bonds. The van der Waals surface area contributed by atoms with Gasteiger partial charge in [-0.05, 0) is 68.0 Å². The van der Waals surface area contributed by atoms with Crippen molar-refractivity contribution in [3.63, 3.8) is 0 Å². The third kappa shape index (κ3) is 4.90. The van der Waals surface area contributed by atoms with Gasteiger partial charge in [0.1, 0.15) is 34.9 Å². The van der Waals surface area contributed by atoms with Gasteiger partial charge in [0.2, 0.25) is 0 Å². The highest BCUT2D eigenvalue weighted by molar-refractivity contribution is 14.1. The summed E-state index contributed by atoms with van der Waals surface area (Å²) in [6, 6.07) is 0. The van der Waals surface area contributed by atoms with Gasteiger partial charge in [0.25, 0.3) is 0 Å². The van der Waals surface area contributed by atoms with Crippen molar-refractivity contribution in [2.75, 3.05) is 19.8 Å². The lowest BCUT2D eigenvalue weighted by Crippen LogP contribution is -2.49. The molecule has 5 rings (SSSR count). The maximum atomic E-state index is 11.8. The Balaban J connectivity index is 1.43. The zero-order valence-corrected chi connectivity index (χ0v) is 21.4. The van der Waals surface area contributed by atoms with Crippen LogP contribution in [0.5, 0.6) is 0 Å². The van der Waals surface area contributed by atoms with Crippen LogP contribution in [0.1, 0.15) is 51.7 Å². The van der Waals surface area contributed by atoms with Crippen LogP contribution in [0, 0.1) is 3.57 Å². The van der Waals surface area contributed by atoms with Crippen LogP contribution >= 0.6 is 34.2 Å². The van der Waals surface area contributed by atoms with Gasteiger partial charge in [-0.25, -0.2) is 9.97 Å². The number of ether oxygens (including phenoxy) is 5. The van der Waals surface area contributed by atoms with Crippen molar-refractivity contribution in [3.8, 4) is 0 Å². The maximum absolute atomic E-state index is 11.8. The maximum Gasteiger partial charge on any atom is 0.167 e. The largest absolute Gasteiger partial charge is 0.383 e. The normalized spacial score (nSPS) is 35.3. The van der Waals surface area contributed by atoms with E-state index in [9.17, 15) is 5.11 Å². The summed E-state index contributed by atoms with van der Waals surface area (Å²) in [5.74, 6) is 0. The van der Waals surface area contributed by atoms with Crippen LogP contribution in [0.15, 0.2) is 12.5 Å². The first-order valence-corrected chi connectivity index (χ1v) is 13.0. The van der Waals surface area contributed by atoms with Crippen molar-refractivity contribution < 1.29 is 28.8 Å². The SMILES string of the molecule is C[C@@]1(O)C(n2cc(I)c3c(Cl)ncnc32)OC(COC2CCCCO2)[C@H]1OC1CCCCO1. The fourth-order valence-corrected chi connectivity index (χ4v) is 5.99. The molecule has 0 spiro atoms. The number of fused-ring (bicyclic) bond motifs is 1. The molecule has 3 aliphatic heterocycles. The van der Waals surface area contributed by atoms with Crippen LogP contribution in [-0.4, -0.2) is 69.9 Å². The minimum atomic E-state index is -1.38. The van der Waals surface area contributed by atoms with E-state index in [-0.39, 0.29) is 19.2 Å². The van der Waals surface area contributed by atoms with Crippen LogP contribution in [0.4, 0.5) is 0 Å². The first-order valence-electron chi connectivity index (χ1n) is 11.5. The minimum Gasteiger partial charge on any atom is -0.383 e. The van der Waals surface area contributed by atoms with Gasteiger partial charge in [-0.3, -0.25) is 0 Å². The number of hydrogen-bond acceptors (Lipinski definition) is 8. The molecule has 0 aromatic carbocycles. The molecule has 33 heavy (non-hydrogen) atoms. The van der Waals surface area contributed by atoms with Crippen LogP contribution in [0.25, 0.3) is 11.0 Å². The number of aromatic nitrogens is 3. The molecule has 0 radical (unpaired) electrons. The third-order valence-electron chi connectivity index (χ3n) is 6.51. The highest BCUT2D eigenvalue weighted by Gasteiger charge is 2.56. The average molecular weight is 594 g/mol. The Hall–Kier alpha value is -0.600. The Kier molecular flexibility index (Phi) is 7.44. The van der Waals surface area contributed by atoms with E-state index >= 15 is 0 Å². The van der Waals surface area contributed by atoms with E-state index in [0.717, 1.165) is 47.5 Å². The molecule has 3 fully saturated rings. The Labute approximate surface area is 211 Å². The lowest BCUT2D eigenvalue weighted by atomic mass is 9.96. The van der Waals surface area contributed by atoms with E-state index < -0.39 is 24.0 Å². The molecular weight excluding hydrogens is 565 g/mol. The van der Waals surface area contributed by atoms with Gasteiger partial charge in [-0.1, -0.05) is 11.6 Å². The molecule has 5 heterocycles. The minimum absolute atomic E-state index is 0.237. The van der Waals surface area contributed by atoms with Crippen molar-refractivity contribution in [1.29, 1.82) is 0 Å². The summed E-state index contributed by atoms with van der Waals surface area (Å²) in [4.78, 5) is 8.50. The van der Waals surface area contributed by atoms with Gasteiger partial charge in [-0.15, -0.1) is 0 Å². The zero-order chi connectivity index (χ0) is 23.0. The van der Waals surface area contributed by atoms with E-state index in [1.165, 1.54) is 6.33 Å². The van der Waals surface area contributed by atoms with Crippen LogP contribution in [0.3, 0.4) is 0 Å². The smallest absolute Gasteiger partial charge is 0.167 e. The molecule has 0 aliphatic carbocycles. The first-order chi connectivity index (χ1) is 15.9. The summed E-state index contributed by atoms with van der Waals surface area (Å²) >= 11 is 8.52. The van der Waals surface area contributed by atoms with Gasteiger partial charge in [0, 0.05) is 23.0 Å². The summed E-state index contributed by atoms with van der Waals surface area (Å²) in [6.45, 7) is 3.31. The Morgan fingerprint density at radius 1 is 1.18 bits per heavy atom.